The molecule has 0 aliphatic carbocycles. The summed E-state index contributed by atoms with van der Waals surface area (Å²) in [5, 5.41) is 4.82. The fraction of sp³-hybridized carbons (Fsp3) is 0.714. The zero-order chi connectivity index (χ0) is 12.7. The molecule has 0 saturated carbocycles. The van der Waals surface area contributed by atoms with Gasteiger partial charge in [-0.1, -0.05) is 33.5 Å². The van der Waals surface area contributed by atoms with Crippen molar-refractivity contribution in [3.8, 4) is 0 Å². The van der Waals surface area contributed by atoms with Crippen LogP contribution in [0.1, 0.15) is 26.0 Å². The van der Waals surface area contributed by atoms with Gasteiger partial charge in [-0.2, -0.15) is 0 Å². The van der Waals surface area contributed by atoms with Crippen LogP contribution in [0.2, 0.25) is 19.6 Å². The topological polar surface area (TPSA) is 25.2 Å². The lowest BCUT2D eigenvalue weighted by molar-refractivity contribution is 0.395. The quantitative estimate of drug-likeness (QED) is 0.836. The van der Waals surface area contributed by atoms with Crippen molar-refractivity contribution >= 4 is 13.5 Å². The Labute approximate surface area is 106 Å². The Hall–Kier alpha value is -0.543. The molecule has 1 N–H and O–H groups in total. The molecule has 0 radical (unpaired) electrons. The molecule has 1 aliphatic heterocycles. The van der Waals surface area contributed by atoms with Gasteiger partial charge in [0.25, 0.3) is 0 Å². The van der Waals surface area contributed by atoms with Crippen molar-refractivity contribution in [2.24, 2.45) is 5.41 Å². The predicted molar refractivity (Wildman–Crippen MR) is 75.6 cm³/mol. The van der Waals surface area contributed by atoms with Crippen molar-refractivity contribution in [3.05, 3.63) is 17.9 Å². The Balaban J connectivity index is 1.99. The highest BCUT2D eigenvalue weighted by Crippen LogP contribution is 2.28. The van der Waals surface area contributed by atoms with Gasteiger partial charge in [0.15, 0.2) is 0 Å². The summed E-state index contributed by atoms with van der Waals surface area (Å²) < 4.78 is 6.00. The van der Waals surface area contributed by atoms with E-state index in [0.717, 1.165) is 18.7 Å². The van der Waals surface area contributed by atoms with Gasteiger partial charge >= 0.3 is 0 Å². The minimum absolute atomic E-state index is 0.443. The van der Waals surface area contributed by atoms with Crippen LogP contribution in [0.25, 0.3) is 0 Å². The van der Waals surface area contributed by atoms with Gasteiger partial charge in [-0.25, -0.2) is 0 Å². The summed E-state index contributed by atoms with van der Waals surface area (Å²) in [4.78, 5) is 0. The fourth-order valence-electron chi connectivity index (χ4n) is 2.51. The van der Waals surface area contributed by atoms with Crippen molar-refractivity contribution in [2.75, 3.05) is 6.54 Å². The van der Waals surface area contributed by atoms with Crippen LogP contribution in [0.15, 0.2) is 16.5 Å². The third-order valence-corrected chi connectivity index (χ3v) is 5.26. The molecular formula is C14H25NOSi. The lowest BCUT2D eigenvalue weighted by atomic mass is 9.90. The second-order valence-electron chi connectivity index (χ2n) is 7.17. The summed E-state index contributed by atoms with van der Waals surface area (Å²) in [6.45, 7) is 12.8. The van der Waals surface area contributed by atoms with Crippen LogP contribution in [0.5, 0.6) is 0 Å². The van der Waals surface area contributed by atoms with Gasteiger partial charge in [0.05, 0.1) is 5.38 Å². The number of furan rings is 1. The Bertz CT molecular complexity index is 389. The molecule has 1 aliphatic rings. The van der Waals surface area contributed by atoms with Crippen LogP contribution in [0.4, 0.5) is 0 Å². The Morgan fingerprint density at radius 1 is 1.35 bits per heavy atom. The second-order valence-corrected chi connectivity index (χ2v) is 12.2. The number of nitrogens with one attached hydrogen (secondary N) is 1. The molecule has 2 nitrogen and oxygen atoms in total. The van der Waals surface area contributed by atoms with Crippen molar-refractivity contribution in [1.82, 2.24) is 5.32 Å². The average Bonchev–Trinajstić information content (AvgIpc) is 2.72. The zero-order valence-corrected chi connectivity index (χ0v) is 12.8. The molecule has 1 aromatic rings. The van der Waals surface area contributed by atoms with Gasteiger partial charge in [-0.3, -0.25) is 0 Å². The average molecular weight is 251 g/mol. The Morgan fingerprint density at radius 2 is 2.06 bits per heavy atom. The minimum Gasteiger partial charge on any atom is -0.471 e. The van der Waals surface area contributed by atoms with Gasteiger partial charge < -0.3 is 9.73 Å². The van der Waals surface area contributed by atoms with E-state index >= 15 is 0 Å². The van der Waals surface area contributed by atoms with E-state index in [1.54, 1.807) is 0 Å². The minimum atomic E-state index is -1.28. The molecule has 3 heteroatoms. The van der Waals surface area contributed by atoms with Crippen LogP contribution in [-0.4, -0.2) is 20.7 Å². The van der Waals surface area contributed by atoms with E-state index in [1.165, 1.54) is 11.8 Å². The third kappa shape index (κ3) is 3.23. The Morgan fingerprint density at radius 3 is 2.53 bits per heavy atom. The molecular weight excluding hydrogens is 226 g/mol. The summed E-state index contributed by atoms with van der Waals surface area (Å²) in [5.41, 5.74) is 0.443. The molecule has 2 heterocycles. The SMILES string of the molecule is CC1(C)CN[C@@H](Cc2ccc([Si](C)(C)C)o2)C1. The summed E-state index contributed by atoms with van der Waals surface area (Å²) in [5.74, 6) is 1.15. The predicted octanol–water partition coefficient (Wildman–Crippen LogP) is 2.76. The van der Waals surface area contributed by atoms with E-state index in [2.05, 4.69) is 50.9 Å². The Kier molecular flexibility index (Phi) is 3.25. The highest BCUT2D eigenvalue weighted by atomic mass is 28.3. The first kappa shape index (κ1) is 12.9. The highest BCUT2D eigenvalue weighted by Gasteiger charge is 2.31. The molecule has 1 aromatic heterocycles. The summed E-state index contributed by atoms with van der Waals surface area (Å²) >= 11 is 0. The number of hydrogen-bond acceptors (Lipinski definition) is 2. The number of rotatable bonds is 3. The van der Waals surface area contributed by atoms with E-state index < -0.39 is 8.07 Å². The van der Waals surface area contributed by atoms with Crippen molar-refractivity contribution < 1.29 is 4.42 Å². The first-order chi connectivity index (χ1) is 7.76. The first-order valence-corrected chi connectivity index (χ1v) is 10.1. The monoisotopic (exact) mass is 251 g/mol. The van der Waals surface area contributed by atoms with E-state index in [-0.39, 0.29) is 0 Å². The molecule has 2 rings (SSSR count). The van der Waals surface area contributed by atoms with Gasteiger partial charge in [0, 0.05) is 19.0 Å². The standard InChI is InChI=1S/C14H25NOSi/c1-14(2)9-11(15-10-14)8-12-6-7-13(16-12)17(3,4)5/h6-7,11,15H,8-10H2,1-5H3/t11-/m0/s1. The second kappa shape index (κ2) is 4.29. The van der Waals surface area contributed by atoms with Crippen LogP contribution < -0.4 is 10.7 Å². The lowest BCUT2D eigenvalue weighted by Gasteiger charge is -2.15. The smallest absolute Gasteiger partial charge is 0.123 e. The van der Waals surface area contributed by atoms with Gasteiger partial charge in [0.2, 0.25) is 0 Å². The molecule has 0 unspecified atom stereocenters. The third-order valence-electron chi connectivity index (χ3n) is 3.52. The molecule has 1 atom stereocenters. The van der Waals surface area contributed by atoms with Gasteiger partial charge in [-0.05, 0) is 24.0 Å². The normalized spacial score (nSPS) is 24.2. The van der Waals surface area contributed by atoms with Crippen molar-refractivity contribution in [2.45, 2.75) is 52.4 Å². The summed E-state index contributed by atoms with van der Waals surface area (Å²) in [6, 6.07) is 4.94. The van der Waals surface area contributed by atoms with E-state index in [0.29, 0.717) is 11.5 Å². The fourth-order valence-corrected chi connectivity index (χ4v) is 3.53. The van der Waals surface area contributed by atoms with Crippen LogP contribution in [0, 0.1) is 5.41 Å². The molecule has 0 bridgehead atoms. The summed E-state index contributed by atoms with van der Waals surface area (Å²) in [6.07, 6.45) is 2.28. The zero-order valence-electron chi connectivity index (χ0n) is 11.8. The maximum absolute atomic E-state index is 6.00. The van der Waals surface area contributed by atoms with E-state index in [1.807, 2.05) is 0 Å². The molecule has 1 saturated heterocycles. The van der Waals surface area contributed by atoms with Crippen molar-refractivity contribution in [1.29, 1.82) is 0 Å². The highest BCUT2D eigenvalue weighted by molar-refractivity contribution is 6.87. The van der Waals surface area contributed by atoms with Crippen molar-refractivity contribution in [3.63, 3.8) is 0 Å². The van der Waals surface area contributed by atoms with E-state index in [9.17, 15) is 0 Å². The molecule has 0 spiro atoms. The van der Waals surface area contributed by atoms with Crippen LogP contribution in [-0.2, 0) is 6.42 Å². The van der Waals surface area contributed by atoms with Crippen LogP contribution in [0.3, 0.4) is 0 Å². The molecule has 0 amide bonds. The maximum atomic E-state index is 6.00. The molecule has 96 valence electrons. The van der Waals surface area contributed by atoms with E-state index in [4.69, 9.17) is 4.42 Å². The van der Waals surface area contributed by atoms with Gasteiger partial charge in [-0.15, -0.1) is 0 Å². The van der Waals surface area contributed by atoms with Crippen LogP contribution >= 0.6 is 0 Å². The molecule has 0 aromatic carbocycles. The largest absolute Gasteiger partial charge is 0.471 e. The maximum Gasteiger partial charge on any atom is 0.123 e. The van der Waals surface area contributed by atoms with Gasteiger partial charge in [0.1, 0.15) is 13.8 Å². The lowest BCUT2D eigenvalue weighted by Crippen LogP contribution is -2.36. The molecule has 1 fully saturated rings. The molecule has 17 heavy (non-hydrogen) atoms. The summed E-state index contributed by atoms with van der Waals surface area (Å²) in [7, 11) is -1.28. The first-order valence-electron chi connectivity index (χ1n) is 6.59. The number of hydrogen-bond donors (Lipinski definition) is 1.